The number of carboxylic acid groups (broad SMARTS) is 1. The number of carbonyl (C=O) groups is 2. The Kier molecular flexibility index (Phi) is 4.48. The zero-order valence-electron chi connectivity index (χ0n) is 9.53. The van der Waals surface area contributed by atoms with E-state index >= 15 is 0 Å². The van der Waals surface area contributed by atoms with Crippen LogP contribution in [0, 0.1) is 0 Å². The zero-order valence-corrected chi connectivity index (χ0v) is 10.3. The van der Waals surface area contributed by atoms with Crippen molar-refractivity contribution in [2.45, 2.75) is 0 Å². The summed E-state index contributed by atoms with van der Waals surface area (Å²) in [5, 5.41) is 11.6. The van der Waals surface area contributed by atoms with Crippen LogP contribution in [0.5, 0.6) is 0 Å². The largest absolute Gasteiger partial charge is 0.478 e. The molecule has 0 heterocycles. The first-order valence-corrected chi connectivity index (χ1v) is 5.26. The fourth-order valence-corrected chi connectivity index (χ4v) is 1.58. The average molecular weight is 257 g/mol. The Balaban J connectivity index is 2.95. The lowest BCUT2D eigenvalue weighted by atomic mass is 10.1. The highest BCUT2D eigenvalue weighted by Gasteiger charge is 2.16. The molecule has 5 nitrogen and oxygen atoms in total. The first kappa shape index (κ1) is 13.5. The molecule has 0 bridgehead atoms. The van der Waals surface area contributed by atoms with E-state index in [-0.39, 0.29) is 28.7 Å². The maximum Gasteiger partial charge on any atom is 0.339 e. The van der Waals surface area contributed by atoms with E-state index in [0.717, 1.165) is 0 Å². The number of carbonyl (C=O) groups excluding carboxylic acids is 1. The van der Waals surface area contributed by atoms with Crippen LogP contribution in [0.25, 0.3) is 0 Å². The van der Waals surface area contributed by atoms with Gasteiger partial charge < -0.3 is 15.3 Å². The molecular weight excluding hydrogens is 244 g/mol. The molecule has 0 saturated heterocycles. The van der Waals surface area contributed by atoms with Gasteiger partial charge in [-0.1, -0.05) is 17.7 Å². The molecule has 0 saturated carbocycles. The third kappa shape index (κ3) is 3.72. The summed E-state index contributed by atoms with van der Waals surface area (Å²) in [5.74, 6) is -1.46. The first-order valence-electron chi connectivity index (χ1n) is 4.88. The molecule has 0 spiro atoms. The second kappa shape index (κ2) is 5.65. The Labute approximate surface area is 104 Å². The van der Waals surface area contributed by atoms with Gasteiger partial charge in [-0.2, -0.15) is 0 Å². The summed E-state index contributed by atoms with van der Waals surface area (Å²) in [6.07, 6.45) is 0. The van der Waals surface area contributed by atoms with E-state index in [1.54, 1.807) is 25.1 Å². The molecular formula is C11H13ClN2O3. The molecule has 1 aromatic carbocycles. The van der Waals surface area contributed by atoms with Gasteiger partial charge in [-0.05, 0) is 26.2 Å². The molecule has 1 aromatic rings. The Bertz CT molecular complexity index is 446. The number of aromatic carboxylic acids is 1. The van der Waals surface area contributed by atoms with Crippen molar-refractivity contribution >= 4 is 29.2 Å². The number of benzene rings is 1. The van der Waals surface area contributed by atoms with Crippen molar-refractivity contribution in [3.05, 3.63) is 28.8 Å². The first-order chi connectivity index (χ1) is 7.91. The van der Waals surface area contributed by atoms with Crippen LogP contribution >= 0.6 is 11.6 Å². The lowest BCUT2D eigenvalue weighted by Gasteiger charge is -2.12. The minimum Gasteiger partial charge on any atom is -0.478 e. The average Bonchev–Trinajstić information content (AvgIpc) is 2.15. The van der Waals surface area contributed by atoms with Gasteiger partial charge in [0.1, 0.15) is 5.56 Å². The van der Waals surface area contributed by atoms with Gasteiger partial charge in [0.05, 0.1) is 17.3 Å². The van der Waals surface area contributed by atoms with Gasteiger partial charge >= 0.3 is 5.97 Å². The fraction of sp³-hybridized carbons (Fsp3) is 0.273. The molecule has 17 heavy (non-hydrogen) atoms. The van der Waals surface area contributed by atoms with E-state index in [4.69, 9.17) is 16.7 Å². The quantitative estimate of drug-likeness (QED) is 0.857. The van der Waals surface area contributed by atoms with Crippen molar-refractivity contribution in [1.29, 1.82) is 0 Å². The lowest BCUT2D eigenvalue weighted by molar-refractivity contribution is -0.116. The molecule has 92 valence electrons. The summed E-state index contributed by atoms with van der Waals surface area (Å²) in [5.41, 5.74) is 0.109. The molecule has 0 fully saturated rings. The van der Waals surface area contributed by atoms with Crippen molar-refractivity contribution in [1.82, 2.24) is 4.90 Å². The van der Waals surface area contributed by atoms with Crippen LogP contribution in [-0.2, 0) is 4.79 Å². The van der Waals surface area contributed by atoms with Gasteiger partial charge in [-0.15, -0.1) is 0 Å². The summed E-state index contributed by atoms with van der Waals surface area (Å²) in [6.45, 7) is 0.172. The smallest absolute Gasteiger partial charge is 0.339 e. The van der Waals surface area contributed by atoms with E-state index in [9.17, 15) is 9.59 Å². The van der Waals surface area contributed by atoms with E-state index < -0.39 is 5.97 Å². The van der Waals surface area contributed by atoms with Gasteiger partial charge in [0, 0.05) is 0 Å². The number of anilines is 1. The SMILES string of the molecule is CN(C)CC(=O)Nc1cccc(Cl)c1C(=O)O. The topological polar surface area (TPSA) is 69.6 Å². The number of nitrogens with zero attached hydrogens (tertiary/aromatic N) is 1. The maximum absolute atomic E-state index is 11.5. The number of amides is 1. The Morgan fingerprint density at radius 3 is 2.59 bits per heavy atom. The van der Waals surface area contributed by atoms with E-state index in [1.165, 1.54) is 12.1 Å². The molecule has 6 heteroatoms. The van der Waals surface area contributed by atoms with Crippen molar-refractivity contribution in [3.8, 4) is 0 Å². The second-order valence-corrected chi connectivity index (χ2v) is 4.16. The van der Waals surface area contributed by atoms with Crippen LogP contribution in [0.3, 0.4) is 0 Å². The van der Waals surface area contributed by atoms with Crippen molar-refractivity contribution in [2.24, 2.45) is 0 Å². The van der Waals surface area contributed by atoms with E-state index in [0.29, 0.717) is 0 Å². The summed E-state index contributed by atoms with van der Waals surface area (Å²) in [6, 6.07) is 4.55. The van der Waals surface area contributed by atoms with Crippen molar-refractivity contribution < 1.29 is 14.7 Å². The van der Waals surface area contributed by atoms with Crippen LogP contribution in [0.15, 0.2) is 18.2 Å². The summed E-state index contributed by atoms with van der Waals surface area (Å²) in [4.78, 5) is 24.2. The van der Waals surface area contributed by atoms with Gasteiger partial charge in [0.25, 0.3) is 0 Å². The highest BCUT2D eigenvalue weighted by Crippen LogP contribution is 2.24. The fourth-order valence-electron chi connectivity index (χ4n) is 1.32. The zero-order chi connectivity index (χ0) is 13.0. The van der Waals surface area contributed by atoms with Crippen LogP contribution < -0.4 is 5.32 Å². The normalized spacial score (nSPS) is 10.4. The Morgan fingerprint density at radius 2 is 2.06 bits per heavy atom. The minimum atomic E-state index is -1.17. The number of rotatable bonds is 4. The molecule has 0 aromatic heterocycles. The Morgan fingerprint density at radius 1 is 1.41 bits per heavy atom. The molecule has 0 atom stereocenters. The van der Waals surface area contributed by atoms with Crippen LogP contribution in [0.2, 0.25) is 5.02 Å². The predicted octanol–water partition coefficient (Wildman–Crippen LogP) is 1.54. The van der Waals surface area contributed by atoms with Crippen LogP contribution in [0.1, 0.15) is 10.4 Å². The van der Waals surface area contributed by atoms with Crippen molar-refractivity contribution in [2.75, 3.05) is 26.0 Å². The van der Waals surface area contributed by atoms with E-state index in [2.05, 4.69) is 5.32 Å². The van der Waals surface area contributed by atoms with Gasteiger partial charge in [-0.3, -0.25) is 4.79 Å². The number of hydrogen-bond acceptors (Lipinski definition) is 3. The number of nitrogens with one attached hydrogen (secondary N) is 1. The molecule has 0 aliphatic carbocycles. The van der Waals surface area contributed by atoms with Gasteiger partial charge in [-0.25, -0.2) is 4.79 Å². The summed E-state index contributed by atoms with van der Waals surface area (Å²) < 4.78 is 0. The van der Waals surface area contributed by atoms with Gasteiger partial charge in [0.15, 0.2) is 0 Å². The van der Waals surface area contributed by atoms with Crippen LogP contribution in [-0.4, -0.2) is 42.5 Å². The van der Waals surface area contributed by atoms with Crippen molar-refractivity contribution in [3.63, 3.8) is 0 Å². The molecule has 2 N–H and O–H groups in total. The van der Waals surface area contributed by atoms with E-state index in [1.807, 2.05) is 0 Å². The highest BCUT2D eigenvalue weighted by atomic mass is 35.5. The van der Waals surface area contributed by atoms with Crippen LogP contribution in [0.4, 0.5) is 5.69 Å². The predicted molar refractivity (Wildman–Crippen MR) is 65.6 cm³/mol. The molecule has 0 radical (unpaired) electrons. The highest BCUT2D eigenvalue weighted by molar-refractivity contribution is 6.34. The maximum atomic E-state index is 11.5. The number of likely N-dealkylation sites (N-methyl/N-ethyl adjacent to an activating group) is 1. The third-order valence-corrected chi connectivity index (χ3v) is 2.28. The number of hydrogen-bond donors (Lipinski definition) is 2. The third-order valence-electron chi connectivity index (χ3n) is 1.96. The monoisotopic (exact) mass is 256 g/mol. The molecule has 1 rings (SSSR count). The number of halogens is 1. The molecule has 0 unspecified atom stereocenters. The minimum absolute atomic E-state index is 0.0960. The summed E-state index contributed by atoms with van der Waals surface area (Å²) in [7, 11) is 3.49. The Hall–Kier alpha value is -1.59. The number of carboxylic acids is 1. The standard InChI is InChI=1S/C11H13ClN2O3/c1-14(2)6-9(15)13-8-5-3-4-7(12)10(8)11(16)17/h3-5H,6H2,1-2H3,(H,13,15)(H,16,17). The van der Waals surface area contributed by atoms with Gasteiger partial charge in [0.2, 0.25) is 5.91 Å². The molecule has 1 amide bonds. The molecule has 0 aliphatic rings. The summed E-state index contributed by atoms with van der Waals surface area (Å²) >= 11 is 5.77. The lowest BCUT2D eigenvalue weighted by Crippen LogP contribution is -2.27. The second-order valence-electron chi connectivity index (χ2n) is 3.75. The molecule has 0 aliphatic heterocycles.